The van der Waals surface area contributed by atoms with E-state index in [-0.39, 0.29) is 11.6 Å². The molecule has 0 aliphatic heterocycles. The van der Waals surface area contributed by atoms with Crippen molar-refractivity contribution in [1.29, 1.82) is 0 Å². The molecule has 1 rings (SSSR count). The zero-order valence-corrected chi connectivity index (χ0v) is 10.1. The van der Waals surface area contributed by atoms with Crippen LogP contribution >= 0.6 is 0 Å². The van der Waals surface area contributed by atoms with Crippen LogP contribution in [0.25, 0.3) is 0 Å². The number of likely N-dealkylation sites (N-methyl/N-ethyl adjacent to an activating group) is 1. The summed E-state index contributed by atoms with van der Waals surface area (Å²) < 4.78 is 1.37. The fourth-order valence-corrected chi connectivity index (χ4v) is 1.58. The van der Waals surface area contributed by atoms with Gasteiger partial charge < -0.3 is 10.4 Å². The van der Waals surface area contributed by atoms with E-state index in [9.17, 15) is 9.59 Å². The van der Waals surface area contributed by atoms with Crippen LogP contribution in [0.3, 0.4) is 0 Å². The molecule has 1 amide bonds. The summed E-state index contributed by atoms with van der Waals surface area (Å²) in [5, 5.41) is 18.8. The zero-order chi connectivity index (χ0) is 13.0. The highest BCUT2D eigenvalue weighted by molar-refractivity contribution is 5.87. The lowest BCUT2D eigenvalue weighted by molar-refractivity contribution is -0.123. The molecule has 0 radical (unpaired) electrons. The van der Waals surface area contributed by atoms with Crippen LogP contribution in [-0.2, 0) is 11.2 Å². The summed E-state index contributed by atoms with van der Waals surface area (Å²) in [6, 6.07) is -0.567. The number of hydrogen-bond acceptors (Lipinski definition) is 4. The van der Waals surface area contributed by atoms with Crippen LogP contribution in [0.1, 0.15) is 42.5 Å². The van der Waals surface area contributed by atoms with Gasteiger partial charge in [-0.25, -0.2) is 9.48 Å². The largest absolute Gasteiger partial charge is 0.476 e. The van der Waals surface area contributed by atoms with Gasteiger partial charge in [0.15, 0.2) is 5.69 Å². The Kier molecular flexibility index (Phi) is 4.19. The SMILES string of the molecule is CCCc1c(C(=O)O)nnn1C(C)C(=O)NC. The fraction of sp³-hybridized carbons (Fsp3) is 0.600. The van der Waals surface area contributed by atoms with Crippen molar-refractivity contribution in [2.24, 2.45) is 0 Å². The molecule has 94 valence electrons. The summed E-state index contributed by atoms with van der Waals surface area (Å²) in [4.78, 5) is 22.5. The maximum Gasteiger partial charge on any atom is 0.358 e. The smallest absolute Gasteiger partial charge is 0.358 e. The van der Waals surface area contributed by atoms with Gasteiger partial charge in [0.05, 0.1) is 5.69 Å². The van der Waals surface area contributed by atoms with Crippen molar-refractivity contribution >= 4 is 11.9 Å². The molecule has 0 aliphatic carbocycles. The average Bonchev–Trinajstić information content (AvgIpc) is 2.71. The molecular formula is C10H16N4O3. The van der Waals surface area contributed by atoms with Gasteiger partial charge in [0.25, 0.3) is 0 Å². The lowest BCUT2D eigenvalue weighted by Gasteiger charge is -2.12. The maximum absolute atomic E-state index is 11.5. The summed E-state index contributed by atoms with van der Waals surface area (Å²) in [5.74, 6) is -1.35. The fourth-order valence-electron chi connectivity index (χ4n) is 1.58. The normalized spacial score (nSPS) is 12.2. The standard InChI is InChI=1S/C10H16N4O3/c1-4-5-7-8(10(16)17)12-13-14(7)6(2)9(15)11-3/h6H,4-5H2,1-3H3,(H,11,15)(H,16,17). The van der Waals surface area contributed by atoms with Crippen molar-refractivity contribution in [2.75, 3.05) is 7.05 Å². The summed E-state index contributed by atoms with van der Waals surface area (Å²) >= 11 is 0. The zero-order valence-electron chi connectivity index (χ0n) is 10.1. The first-order chi connectivity index (χ1) is 8.02. The van der Waals surface area contributed by atoms with Gasteiger partial charge in [0, 0.05) is 7.05 Å². The van der Waals surface area contributed by atoms with E-state index in [0.29, 0.717) is 12.1 Å². The Morgan fingerprint density at radius 3 is 2.65 bits per heavy atom. The molecule has 17 heavy (non-hydrogen) atoms. The summed E-state index contributed by atoms with van der Waals surface area (Å²) in [7, 11) is 1.52. The Bertz CT molecular complexity index is 427. The van der Waals surface area contributed by atoms with E-state index in [2.05, 4.69) is 15.6 Å². The molecular weight excluding hydrogens is 224 g/mol. The van der Waals surface area contributed by atoms with E-state index in [0.717, 1.165) is 6.42 Å². The van der Waals surface area contributed by atoms with E-state index >= 15 is 0 Å². The molecule has 1 aromatic heterocycles. The van der Waals surface area contributed by atoms with Crippen molar-refractivity contribution in [3.63, 3.8) is 0 Å². The van der Waals surface area contributed by atoms with Crippen molar-refractivity contribution in [3.05, 3.63) is 11.4 Å². The third kappa shape index (κ3) is 2.61. The molecule has 0 fully saturated rings. The number of nitrogens with zero attached hydrogens (tertiary/aromatic N) is 3. The van der Waals surface area contributed by atoms with Crippen molar-refractivity contribution in [2.45, 2.75) is 32.7 Å². The lowest BCUT2D eigenvalue weighted by atomic mass is 10.2. The average molecular weight is 240 g/mol. The molecule has 1 atom stereocenters. The van der Waals surface area contributed by atoms with Crippen LogP contribution in [-0.4, -0.2) is 39.0 Å². The molecule has 7 heteroatoms. The van der Waals surface area contributed by atoms with Crippen molar-refractivity contribution in [3.8, 4) is 0 Å². The van der Waals surface area contributed by atoms with Gasteiger partial charge in [-0.1, -0.05) is 18.6 Å². The molecule has 0 aliphatic rings. The molecule has 0 aromatic carbocycles. The molecule has 1 heterocycles. The van der Waals surface area contributed by atoms with E-state index in [1.807, 2.05) is 6.92 Å². The van der Waals surface area contributed by atoms with Gasteiger partial charge in [-0.05, 0) is 13.3 Å². The topological polar surface area (TPSA) is 97.1 Å². The number of aromatic nitrogens is 3. The molecule has 0 saturated carbocycles. The number of nitrogens with one attached hydrogen (secondary N) is 1. The minimum absolute atomic E-state index is 0.0809. The Labute approximate surface area is 98.8 Å². The molecule has 1 unspecified atom stereocenters. The summed E-state index contributed by atoms with van der Waals surface area (Å²) in [6.07, 6.45) is 1.28. The second-order valence-corrected chi connectivity index (χ2v) is 3.67. The minimum Gasteiger partial charge on any atom is -0.476 e. The second-order valence-electron chi connectivity index (χ2n) is 3.67. The molecule has 0 spiro atoms. The van der Waals surface area contributed by atoms with Crippen LogP contribution in [0.4, 0.5) is 0 Å². The number of carbonyl (C=O) groups excluding carboxylic acids is 1. The number of hydrogen-bond donors (Lipinski definition) is 2. The highest BCUT2D eigenvalue weighted by Gasteiger charge is 2.24. The third-order valence-electron chi connectivity index (χ3n) is 2.47. The monoisotopic (exact) mass is 240 g/mol. The molecule has 1 aromatic rings. The molecule has 0 saturated heterocycles. The number of carboxylic acid groups (broad SMARTS) is 1. The summed E-state index contributed by atoms with van der Waals surface area (Å²) in [5.41, 5.74) is 0.402. The van der Waals surface area contributed by atoms with Gasteiger partial charge in [-0.2, -0.15) is 0 Å². The van der Waals surface area contributed by atoms with Gasteiger partial charge in [-0.15, -0.1) is 5.10 Å². The van der Waals surface area contributed by atoms with Crippen LogP contribution in [0, 0.1) is 0 Å². The lowest BCUT2D eigenvalue weighted by Crippen LogP contribution is -2.29. The quantitative estimate of drug-likeness (QED) is 0.768. The predicted octanol–water partition coefficient (Wildman–Crippen LogP) is 0.236. The van der Waals surface area contributed by atoms with Crippen LogP contribution in [0.2, 0.25) is 0 Å². The number of carbonyl (C=O) groups is 2. The predicted molar refractivity (Wildman–Crippen MR) is 59.8 cm³/mol. The Hall–Kier alpha value is -1.92. The van der Waals surface area contributed by atoms with Crippen LogP contribution in [0.5, 0.6) is 0 Å². The number of aromatic carboxylic acids is 1. The highest BCUT2D eigenvalue weighted by Crippen LogP contribution is 2.14. The summed E-state index contributed by atoms with van der Waals surface area (Å²) in [6.45, 7) is 3.58. The Morgan fingerprint density at radius 1 is 1.53 bits per heavy atom. The van der Waals surface area contributed by atoms with E-state index in [1.165, 1.54) is 11.7 Å². The third-order valence-corrected chi connectivity index (χ3v) is 2.47. The van der Waals surface area contributed by atoms with Gasteiger partial charge in [0.2, 0.25) is 5.91 Å². The second kappa shape index (κ2) is 5.42. The van der Waals surface area contributed by atoms with Gasteiger partial charge >= 0.3 is 5.97 Å². The van der Waals surface area contributed by atoms with E-state index in [1.54, 1.807) is 6.92 Å². The molecule has 2 N–H and O–H groups in total. The first kappa shape index (κ1) is 13.1. The van der Waals surface area contributed by atoms with E-state index < -0.39 is 12.0 Å². The van der Waals surface area contributed by atoms with E-state index in [4.69, 9.17) is 5.11 Å². The first-order valence-electron chi connectivity index (χ1n) is 5.41. The number of carboxylic acids is 1. The molecule has 0 bridgehead atoms. The van der Waals surface area contributed by atoms with Crippen LogP contribution < -0.4 is 5.32 Å². The Balaban J connectivity index is 3.15. The highest BCUT2D eigenvalue weighted by atomic mass is 16.4. The number of rotatable bonds is 5. The Morgan fingerprint density at radius 2 is 2.18 bits per heavy atom. The maximum atomic E-state index is 11.5. The first-order valence-corrected chi connectivity index (χ1v) is 5.41. The van der Waals surface area contributed by atoms with Gasteiger partial charge in [-0.3, -0.25) is 4.79 Å². The van der Waals surface area contributed by atoms with Crippen LogP contribution in [0.15, 0.2) is 0 Å². The van der Waals surface area contributed by atoms with Crippen molar-refractivity contribution < 1.29 is 14.7 Å². The minimum atomic E-state index is -1.12. The molecule has 7 nitrogen and oxygen atoms in total. The number of amides is 1. The van der Waals surface area contributed by atoms with Crippen molar-refractivity contribution in [1.82, 2.24) is 20.3 Å². The van der Waals surface area contributed by atoms with Gasteiger partial charge in [0.1, 0.15) is 6.04 Å².